The zero-order chi connectivity index (χ0) is 14.5. The monoisotopic (exact) mass is 271 g/mol. The van der Waals surface area contributed by atoms with E-state index in [1.807, 2.05) is 45.0 Å². The first-order valence-electron chi connectivity index (χ1n) is 6.75. The molecular formula is C15H17N3O2. The van der Waals surface area contributed by atoms with Gasteiger partial charge < -0.3 is 4.98 Å². The van der Waals surface area contributed by atoms with Gasteiger partial charge in [0.2, 0.25) is 17.8 Å². The molecule has 1 fully saturated rings. The molecule has 2 amide bonds. The Labute approximate surface area is 117 Å². The first kappa shape index (κ1) is 12.8. The fourth-order valence-corrected chi connectivity index (χ4v) is 2.55. The van der Waals surface area contributed by atoms with Crippen LogP contribution >= 0.6 is 0 Å². The lowest BCUT2D eigenvalue weighted by atomic mass is 9.78. The Hall–Kier alpha value is -2.17. The molecule has 2 aromatic rings. The van der Waals surface area contributed by atoms with E-state index in [0.717, 1.165) is 11.0 Å². The Morgan fingerprint density at radius 2 is 2.00 bits per heavy atom. The number of para-hydroxylation sites is 2. The van der Waals surface area contributed by atoms with Crippen LogP contribution < -0.4 is 4.90 Å². The second-order valence-corrected chi connectivity index (χ2v) is 5.86. The summed E-state index contributed by atoms with van der Waals surface area (Å²) in [7, 11) is 0. The number of aromatic nitrogens is 2. The van der Waals surface area contributed by atoms with E-state index < -0.39 is 5.41 Å². The van der Waals surface area contributed by atoms with Gasteiger partial charge >= 0.3 is 0 Å². The summed E-state index contributed by atoms with van der Waals surface area (Å²) >= 11 is 0. The third-order valence-electron chi connectivity index (χ3n) is 4.32. The van der Waals surface area contributed by atoms with Crippen molar-refractivity contribution in [3.05, 3.63) is 24.3 Å². The molecule has 104 valence electrons. The van der Waals surface area contributed by atoms with Crippen molar-refractivity contribution in [3.63, 3.8) is 0 Å². The minimum atomic E-state index is -0.643. The van der Waals surface area contributed by atoms with E-state index in [1.165, 1.54) is 4.90 Å². The number of carbonyl (C=O) groups is 2. The maximum Gasteiger partial charge on any atom is 0.242 e. The highest BCUT2D eigenvalue weighted by molar-refractivity contribution is 6.22. The number of imide groups is 1. The number of anilines is 1. The largest absolute Gasteiger partial charge is 0.323 e. The summed E-state index contributed by atoms with van der Waals surface area (Å²) in [6, 6.07) is 7.48. The van der Waals surface area contributed by atoms with E-state index in [0.29, 0.717) is 5.95 Å². The summed E-state index contributed by atoms with van der Waals surface area (Å²) in [5.41, 5.74) is 0.929. The Balaban J connectivity index is 2.06. The number of rotatable bonds is 2. The second kappa shape index (κ2) is 4.16. The molecular weight excluding hydrogens is 254 g/mol. The third kappa shape index (κ3) is 1.66. The summed E-state index contributed by atoms with van der Waals surface area (Å²) in [6.45, 7) is 5.78. The fourth-order valence-electron chi connectivity index (χ4n) is 2.55. The molecule has 1 saturated heterocycles. The van der Waals surface area contributed by atoms with Crippen LogP contribution in [0.1, 0.15) is 27.2 Å². The van der Waals surface area contributed by atoms with Crippen molar-refractivity contribution < 1.29 is 9.59 Å². The number of H-pyrrole nitrogens is 1. The fraction of sp³-hybridized carbons (Fsp3) is 0.400. The van der Waals surface area contributed by atoms with Gasteiger partial charge in [-0.05, 0) is 25.0 Å². The minimum Gasteiger partial charge on any atom is -0.323 e. The number of fused-ring (bicyclic) bond motifs is 1. The lowest BCUT2D eigenvalue weighted by molar-refractivity contribution is -0.126. The van der Waals surface area contributed by atoms with Crippen LogP contribution in [-0.2, 0) is 9.59 Å². The van der Waals surface area contributed by atoms with Gasteiger partial charge in [-0.15, -0.1) is 0 Å². The highest BCUT2D eigenvalue weighted by Gasteiger charge is 2.51. The zero-order valence-corrected chi connectivity index (χ0v) is 11.8. The molecule has 3 rings (SSSR count). The highest BCUT2D eigenvalue weighted by atomic mass is 16.2. The highest BCUT2D eigenvalue weighted by Crippen LogP contribution is 2.40. The van der Waals surface area contributed by atoms with Gasteiger partial charge in [-0.1, -0.05) is 26.0 Å². The van der Waals surface area contributed by atoms with E-state index >= 15 is 0 Å². The number of hydrogen-bond donors (Lipinski definition) is 1. The van der Waals surface area contributed by atoms with Gasteiger partial charge in [0.15, 0.2) is 0 Å². The van der Waals surface area contributed by atoms with Crippen LogP contribution in [0.2, 0.25) is 0 Å². The molecule has 0 saturated carbocycles. The summed E-state index contributed by atoms with van der Waals surface area (Å²) in [4.78, 5) is 33.4. The maximum absolute atomic E-state index is 12.6. The quantitative estimate of drug-likeness (QED) is 0.853. The smallest absolute Gasteiger partial charge is 0.242 e. The normalized spacial score (nSPS) is 23.3. The van der Waals surface area contributed by atoms with Crippen LogP contribution in [-0.4, -0.2) is 21.8 Å². The topological polar surface area (TPSA) is 66.1 Å². The minimum absolute atomic E-state index is 0.105. The van der Waals surface area contributed by atoms with Gasteiger partial charge in [-0.2, -0.15) is 0 Å². The molecule has 5 nitrogen and oxygen atoms in total. The molecule has 0 bridgehead atoms. The SMILES string of the molecule is CC(C)C1(C)CC(=O)N(c2nc3ccccc3[nH]2)C1=O. The summed E-state index contributed by atoms with van der Waals surface area (Å²) in [5, 5.41) is 0. The van der Waals surface area contributed by atoms with E-state index in [-0.39, 0.29) is 24.2 Å². The zero-order valence-electron chi connectivity index (χ0n) is 11.8. The molecule has 5 heteroatoms. The van der Waals surface area contributed by atoms with E-state index in [4.69, 9.17) is 0 Å². The molecule has 1 N–H and O–H groups in total. The molecule has 1 aromatic carbocycles. The Bertz CT molecular complexity index is 671. The number of nitrogens with one attached hydrogen (secondary N) is 1. The van der Waals surface area contributed by atoms with Crippen molar-refractivity contribution in [2.75, 3.05) is 4.90 Å². The van der Waals surface area contributed by atoms with Crippen molar-refractivity contribution in [3.8, 4) is 0 Å². The van der Waals surface area contributed by atoms with Crippen molar-refractivity contribution in [2.24, 2.45) is 11.3 Å². The van der Waals surface area contributed by atoms with Crippen LogP contribution in [0, 0.1) is 11.3 Å². The molecule has 2 heterocycles. The van der Waals surface area contributed by atoms with Crippen molar-refractivity contribution in [1.82, 2.24) is 9.97 Å². The molecule has 0 radical (unpaired) electrons. The number of amides is 2. The average molecular weight is 271 g/mol. The Kier molecular flexibility index (Phi) is 2.67. The molecule has 1 aliphatic heterocycles. The van der Waals surface area contributed by atoms with Gasteiger partial charge in [0, 0.05) is 6.42 Å². The van der Waals surface area contributed by atoms with Gasteiger partial charge in [-0.25, -0.2) is 9.88 Å². The van der Waals surface area contributed by atoms with Gasteiger partial charge in [0.05, 0.1) is 16.4 Å². The van der Waals surface area contributed by atoms with Crippen LogP contribution in [0.25, 0.3) is 11.0 Å². The number of nitrogens with zero attached hydrogens (tertiary/aromatic N) is 2. The number of aromatic amines is 1. The summed E-state index contributed by atoms with van der Waals surface area (Å²) < 4.78 is 0. The van der Waals surface area contributed by atoms with Crippen LogP contribution in [0.4, 0.5) is 5.95 Å². The average Bonchev–Trinajstić information content (AvgIpc) is 2.90. The standard InChI is InChI=1S/C15H17N3O2/c1-9(2)15(3)8-12(19)18(13(15)20)14-16-10-6-4-5-7-11(10)17-14/h4-7,9H,8H2,1-3H3,(H,16,17). The van der Waals surface area contributed by atoms with Crippen LogP contribution in [0.3, 0.4) is 0 Å². The Morgan fingerprint density at radius 3 is 2.60 bits per heavy atom. The van der Waals surface area contributed by atoms with Gasteiger partial charge in [0.1, 0.15) is 0 Å². The van der Waals surface area contributed by atoms with E-state index in [9.17, 15) is 9.59 Å². The van der Waals surface area contributed by atoms with Gasteiger partial charge in [0.25, 0.3) is 0 Å². The summed E-state index contributed by atoms with van der Waals surface area (Å²) in [5.74, 6) is 0.0701. The number of carbonyl (C=O) groups excluding carboxylic acids is 2. The molecule has 1 aliphatic rings. The van der Waals surface area contributed by atoms with E-state index in [1.54, 1.807) is 0 Å². The predicted molar refractivity (Wildman–Crippen MR) is 76.1 cm³/mol. The molecule has 1 atom stereocenters. The molecule has 1 aromatic heterocycles. The Morgan fingerprint density at radius 1 is 1.30 bits per heavy atom. The number of benzene rings is 1. The third-order valence-corrected chi connectivity index (χ3v) is 4.32. The second-order valence-electron chi connectivity index (χ2n) is 5.86. The van der Waals surface area contributed by atoms with Crippen molar-refractivity contribution in [2.45, 2.75) is 27.2 Å². The van der Waals surface area contributed by atoms with Gasteiger partial charge in [-0.3, -0.25) is 9.59 Å². The number of hydrogen-bond acceptors (Lipinski definition) is 3. The first-order valence-corrected chi connectivity index (χ1v) is 6.75. The maximum atomic E-state index is 12.6. The molecule has 0 aliphatic carbocycles. The van der Waals surface area contributed by atoms with Crippen molar-refractivity contribution >= 4 is 28.8 Å². The molecule has 20 heavy (non-hydrogen) atoms. The van der Waals surface area contributed by atoms with Crippen LogP contribution in [0.15, 0.2) is 24.3 Å². The summed E-state index contributed by atoms with van der Waals surface area (Å²) in [6.07, 6.45) is 0.237. The molecule has 0 spiro atoms. The predicted octanol–water partition coefficient (Wildman–Crippen LogP) is 2.49. The van der Waals surface area contributed by atoms with E-state index in [2.05, 4.69) is 9.97 Å². The first-order chi connectivity index (χ1) is 9.43. The lowest BCUT2D eigenvalue weighted by Gasteiger charge is -2.25. The number of imidazole rings is 1. The van der Waals surface area contributed by atoms with Crippen LogP contribution in [0.5, 0.6) is 0 Å². The van der Waals surface area contributed by atoms with Crippen molar-refractivity contribution in [1.29, 1.82) is 0 Å². The lowest BCUT2D eigenvalue weighted by Crippen LogP contribution is -2.37. The molecule has 1 unspecified atom stereocenters.